The fourth-order valence-corrected chi connectivity index (χ4v) is 3.84. The monoisotopic (exact) mass is 449 g/mol. The zero-order chi connectivity index (χ0) is 23.6. The second kappa shape index (κ2) is 9.05. The summed E-state index contributed by atoms with van der Waals surface area (Å²) in [6.45, 7) is 7.21. The van der Waals surface area contributed by atoms with Gasteiger partial charge in [-0.3, -0.25) is 0 Å². The van der Waals surface area contributed by atoms with Crippen LogP contribution in [0.5, 0.6) is 11.5 Å². The number of aromatic amines is 1. The molecule has 3 N–H and O–H groups in total. The Balaban J connectivity index is 1.56. The van der Waals surface area contributed by atoms with Crippen molar-refractivity contribution in [1.82, 2.24) is 20.2 Å². The van der Waals surface area contributed by atoms with Crippen LogP contribution in [0.25, 0.3) is 16.6 Å². The first-order valence-electron chi connectivity index (χ1n) is 11.0. The predicted molar refractivity (Wildman–Crippen MR) is 131 cm³/mol. The van der Waals surface area contributed by atoms with E-state index < -0.39 is 0 Å². The summed E-state index contributed by atoms with van der Waals surface area (Å²) in [5.74, 6) is 1.42. The van der Waals surface area contributed by atoms with Gasteiger partial charge in [0.2, 0.25) is 0 Å². The highest BCUT2D eigenvalue weighted by atomic mass is 16.5. The minimum atomic E-state index is -0.250. The molecule has 0 saturated carbocycles. The molecule has 1 aliphatic rings. The normalized spacial score (nSPS) is 14.1. The van der Waals surface area contributed by atoms with Gasteiger partial charge in [-0.05, 0) is 44.9 Å². The van der Waals surface area contributed by atoms with Gasteiger partial charge in [0.1, 0.15) is 17.1 Å². The number of amides is 2. The van der Waals surface area contributed by atoms with Gasteiger partial charge in [-0.1, -0.05) is 6.08 Å². The highest BCUT2D eigenvalue weighted by Crippen LogP contribution is 2.33. The van der Waals surface area contributed by atoms with Crippen LogP contribution in [0.3, 0.4) is 0 Å². The number of nitrogens with zero attached hydrogens (tertiary/aromatic N) is 2. The van der Waals surface area contributed by atoms with Gasteiger partial charge in [0, 0.05) is 59.8 Å². The van der Waals surface area contributed by atoms with E-state index in [4.69, 9.17) is 9.47 Å². The summed E-state index contributed by atoms with van der Waals surface area (Å²) < 4.78 is 10.8. The number of urea groups is 1. The lowest BCUT2D eigenvalue weighted by molar-refractivity contribution is 0.193. The van der Waals surface area contributed by atoms with Gasteiger partial charge in [0.15, 0.2) is 0 Å². The van der Waals surface area contributed by atoms with Crippen molar-refractivity contribution in [3.63, 3.8) is 0 Å². The van der Waals surface area contributed by atoms with Gasteiger partial charge in [-0.25, -0.2) is 9.78 Å². The zero-order valence-corrected chi connectivity index (χ0v) is 19.8. The van der Waals surface area contributed by atoms with Crippen molar-refractivity contribution in [2.24, 2.45) is 0 Å². The lowest BCUT2D eigenvalue weighted by Crippen LogP contribution is -2.49. The van der Waals surface area contributed by atoms with Crippen LogP contribution >= 0.6 is 0 Å². The molecule has 0 aliphatic carbocycles. The predicted octanol–water partition coefficient (Wildman–Crippen LogP) is 4.92. The van der Waals surface area contributed by atoms with Crippen LogP contribution < -0.4 is 20.1 Å². The molecule has 2 aromatic heterocycles. The molecule has 174 valence electrons. The number of pyridine rings is 1. The highest BCUT2D eigenvalue weighted by Gasteiger charge is 2.22. The molecule has 3 heterocycles. The van der Waals surface area contributed by atoms with Gasteiger partial charge >= 0.3 is 6.03 Å². The number of benzene rings is 1. The Kier molecular flexibility index (Phi) is 6.18. The summed E-state index contributed by atoms with van der Waals surface area (Å²) in [4.78, 5) is 22.2. The summed E-state index contributed by atoms with van der Waals surface area (Å²) in [5, 5.41) is 7.47. The Hall–Kier alpha value is -3.68. The number of aromatic nitrogens is 2. The number of carbonyl (C=O) groups is 1. The quantitative estimate of drug-likeness (QED) is 0.514. The van der Waals surface area contributed by atoms with Gasteiger partial charge in [-0.2, -0.15) is 0 Å². The van der Waals surface area contributed by atoms with Crippen molar-refractivity contribution >= 4 is 34.0 Å². The number of fused-ring (bicyclic) bond motifs is 1. The summed E-state index contributed by atoms with van der Waals surface area (Å²) in [5.41, 5.74) is 4.55. The minimum Gasteiger partial charge on any atom is -0.497 e. The summed E-state index contributed by atoms with van der Waals surface area (Å²) in [6, 6.07) is 9.70. The van der Waals surface area contributed by atoms with Crippen LogP contribution in [0.2, 0.25) is 0 Å². The Morgan fingerprint density at radius 1 is 1.12 bits per heavy atom. The lowest BCUT2D eigenvalue weighted by atomic mass is 10.0. The molecule has 0 spiro atoms. The van der Waals surface area contributed by atoms with E-state index >= 15 is 0 Å². The number of methoxy groups -OCH3 is 2. The molecule has 0 atom stereocenters. The van der Waals surface area contributed by atoms with Crippen molar-refractivity contribution in [2.45, 2.75) is 32.7 Å². The fraction of sp³-hybridized carbons (Fsp3) is 0.360. The molecule has 33 heavy (non-hydrogen) atoms. The second-order valence-corrected chi connectivity index (χ2v) is 9.14. The third-order valence-corrected chi connectivity index (χ3v) is 5.49. The van der Waals surface area contributed by atoms with E-state index in [1.165, 1.54) is 5.57 Å². The topological polar surface area (TPSA) is 91.5 Å². The van der Waals surface area contributed by atoms with E-state index in [1.54, 1.807) is 20.4 Å². The molecule has 0 bridgehead atoms. The first kappa shape index (κ1) is 22.5. The number of nitrogens with one attached hydrogen (secondary N) is 3. The van der Waals surface area contributed by atoms with Gasteiger partial charge in [0.05, 0.1) is 19.9 Å². The molecule has 3 aromatic rings. The highest BCUT2D eigenvalue weighted by molar-refractivity contribution is 5.94. The Bertz CT molecular complexity index is 1170. The standard InChI is InChI=1S/C25H31N5O3/c1-25(2,3)29-24(31)30-10-7-16(8-11-30)22-15-20-21(6-9-26-23(20)28-22)27-17-12-18(32-4)14-19(13-17)33-5/h6-7,9,12-15H,8,10-11H2,1-5H3,(H,29,31)(H2,26,27,28). The molecule has 0 fully saturated rings. The molecule has 8 nitrogen and oxygen atoms in total. The molecular weight excluding hydrogens is 418 g/mol. The number of hydrogen-bond donors (Lipinski definition) is 3. The van der Waals surface area contributed by atoms with Crippen molar-refractivity contribution in [1.29, 1.82) is 0 Å². The van der Waals surface area contributed by atoms with Crippen LogP contribution in [0.15, 0.2) is 42.6 Å². The smallest absolute Gasteiger partial charge is 0.318 e. The van der Waals surface area contributed by atoms with Gasteiger partial charge in [-0.15, -0.1) is 0 Å². The van der Waals surface area contributed by atoms with Gasteiger partial charge in [0.25, 0.3) is 0 Å². The van der Waals surface area contributed by atoms with Crippen LogP contribution in [-0.2, 0) is 0 Å². The largest absolute Gasteiger partial charge is 0.497 e. The summed E-state index contributed by atoms with van der Waals surface area (Å²) in [6.07, 6.45) is 4.66. The van der Waals surface area contributed by atoms with E-state index in [2.05, 4.69) is 32.7 Å². The lowest BCUT2D eigenvalue weighted by Gasteiger charge is -2.30. The van der Waals surface area contributed by atoms with E-state index in [-0.39, 0.29) is 11.6 Å². The first-order chi connectivity index (χ1) is 15.8. The molecule has 4 rings (SSSR count). The number of ether oxygens (including phenoxy) is 2. The average molecular weight is 450 g/mol. The molecule has 2 amide bonds. The number of H-pyrrole nitrogens is 1. The maximum absolute atomic E-state index is 12.4. The number of rotatable bonds is 5. The molecule has 1 aliphatic heterocycles. The third-order valence-electron chi connectivity index (χ3n) is 5.49. The Morgan fingerprint density at radius 2 is 1.85 bits per heavy atom. The summed E-state index contributed by atoms with van der Waals surface area (Å²) >= 11 is 0. The van der Waals surface area contributed by atoms with E-state index in [0.29, 0.717) is 24.6 Å². The molecule has 1 aromatic carbocycles. The average Bonchev–Trinajstić information content (AvgIpc) is 3.23. The van der Waals surface area contributed by atoms with Crippen LogP contribution in [0, 0.1) is 0 Å². The first-order valence-corrected chi connectivity index (χ1v) is 11.0. The van der Waals surface area contributed by atoms with Crippen molar-refractivity contribution in [3.05, 3.63) is 48.3 Å². The number of hydrogen-bond acceptors (Lipinski definition) is 5. The molecular formula is C25H31N5O3. The van der Waals surface area contributed by atoms with E-state index in [9.17, 15) is 4.79 Å². The SMILES string of the molecule is COc1cc(Nc2ccnc3[nH]c(C4=CCN(C(=O)NC(C)(C)C)CC4)cc23)cc(OC)c1. The van der Waals surface area contributed by atoms with Crippen LogP contribution in [-0.4, -0.2) is 53.7 Å². The maximum Gasteiger partial charge on any atom is 0.318 e. The Morgan fingerprint density at radius 3 is 2.45 bits per heavy atom. The van der Waals surface area contributed by atoms with E-state index in [1.807, 2.05) is 49.9 Å². The molecule has 8 heteroatoms. The third kappa shape index (κ3) is 5.22. The molecule has 0 unspecified atom stereocenters. The van der Waals surface area contributed by atoms with Crippen molar-refractivity contribution < 1.29 is 14.3 Å². The van der Waals surface area contributed by atoms with Crippen molar-refractivity contribution in [2.75, 3.05) is 32.6 Å². The zero-order valence-electron chi connectivity index (χ0n) is 19.8. The number of carbonyl (C=O) groups excluding carboxylic acids is 1. The summed E-state index contributed by atoms with van der Waals surface area (Å²) in [7, 11) is 3.26. The van der Waals surface area contributed by atoms with Crippen LogP contribution in [0.1, 0.15) is 32.9 Å². The van der Waals surface area contributed by atoms with Gasteiger partial charge < -0.3 is 30.0 Å². The number of anilines is 2. The van der Waals surface area contributed by atoms with Crippen LogP contribution in [0.4, 0.5) is 16.2 Å². The fourth-order valence-electron chi connectivity index (χ4n) is 3.84. The Labute approximate surface area is 194 Å². The van der Waals surface area contributed by atoms with Crippen molar-refractivity contribution in [3.8, 4) is 11.5 Å². The molecule has 0 radical (unpaired) electrons. The van der Waals surface area contributed by atoms with E-state index in [0.717, 1.165) is 34.5 Å². The maximum atomic E-state index is 12.4. The molecule has 0 saturated heterocycles. The minimum absolute atomic E-state index is 0.0312. The second-order valence-electron chi connectivity index (χ2n) is 9.14.